The second kappa shape index (κ2) is 8.14. The van der Waals surface area contributed by atoms with Gasteiger partial charge in [-0.1, -0.05) is 26.7 Å². The van der Waals surface area contributed by atoms with Crippen molar-refractivity contribution in [3.8, 4) is 0 Å². The van der Waals surface area contributed by atoms with Crippen molar-refractivity contribution in [1.29, 1.82) is 0 Å². The summed E-state index contributed by atoms with van der Waals surface area (Å²) in [4.78, 5) is 4.31. The number of halogens is 1. The summed E-state index contributed by atoms with van der Waals surface area (Å²) in [6, 6.07) is 2.23. The first-order chi connectivity index (χ1) is 9.72. The maximum atomic E-state index is 4.31. The summed E-state index contributed by atoms with van der Waals surface area (Å²) in [7, 11) is 0. The molecular formula is C17H27BrN2. The van der Waals surface area contributed by atoms with E-state index in [0.717, 1.165) is 28.8 Å². The summed E-state index contributed by atoms with van der Waals surface area (Å²) < 4.78 is 1.10. The number of hydrogen-bond donors (Lipinski definition) is 1. The molecule has 20 heavy (non-hydrogen) atoms. The van der Waals surface area contributed by atoms with Crippen LogP contribution < -0.4 is 5.32 Å². The molecule has 112 valence electrons. The number of nitrogens with one attached hydrogen (secondary N) is 1. The predicted molar refractivity (Wildman–Crippen MR) is 88.8 cm³/mol. The Bertz CT molecular complexity index is 408. The van der Waals surface area contributed by atoms with Crippen molar-refractivity contribution in [1.82, 2.24) is 10.3 Å². The highest BCUT2D eigenvalue weighted by Crippen LogP contribution is 2.37. The number of rotatable bonds is 6. The minimum atomic E-state index is 0.809. The van der Waals surface area contributed by atoms with Crippen molar-refractivity contribution >= 4 is 15.9 Å². The Balaban J connectivity index is 2.02. The Kier molecular flexibility index (Phi) is 6.50. The third-order valence-electron chi connectivity index (χ3n) is 4.74. The summed E-state index contributed by atoms with van der Waals surface area (Å²) >= 11 is 3.53. The van der Waals surface area contributed by atoms with Crippen LogP contribution in [0.2, 0.25) is 0 Å². The number of nitrogens with zero attached hydrogens (tertiary/aromatic N) is 1. The van der Waals surface area contributed by atoms with Gasteiger partial charge in [0.2, 0.25) is 0 Å². The highest BCUT2D eigenvalue weighted by Gasteiger charge is 2.29. The van der Waals surface area contributed by atoms with Gasteiger partial charge in [0.1, 0.15) is 0 Å². The molecule has 3 atom stereocenters. The number of aromatic nitrogens is 1. The largest absolute Gasteiger partial charge is 0.317 e. The number of hydrogen-bond acceptors (Lipinski definition) is 2. The molecule has 0 radical (unpaired) electrons. The molecule has 1 aromatic heterocycles. The van der Waals surface area contributed by atoms with E-state index in [9.17, 15) is 0 Å². The molecule has 2 rings (SSSR count). The molecule has 3 unspecified atom stereocenters. The van der Waals surface area contributed by atoms with Crippen LogP contribution in [0.25, 0.3) is 0 Å². The van der Waals surface area contributed by atoms with Crippen LogP contribution in [0.15, 0.2) is 22.9 Å². The molecule has 0 saturated heterocycles. The molecule has 1 aliphatic rings. The first-order valence-electron chi connectivity index (χ1n) is 8.03. The van der Waals surface area contributed by atoms with Gasteiger partial charge in [0, 0.05) is 16.9 Å². The van der Waals surface area contributed by atoms with Gasteiger partial charge in [-0.25, -0.2) is 0 Å². The Morgan fingerprint density at radius 1 is 1.25 bits per heavy atom. The summed E-state index contributed by atoms with van der Waals surface area (Å²) in [6.07, 6.45) is 10.6. The summed E-state index contributed by atoms with van der Waals surface area (Å²) in [5.74, 6) is 2.57. The Morgan fingerprint density at radius 3 is 2.80 bits per heavy atom. The van der Waals surface area contributed by atoms with E-state index in [1.165, 1.54) is 44.2 Å². The van der Waals surface area contributed by atoms with Gasteiger partial charge in [-0.3, -0.25) is 4.98 Å². The molecule has 1 heterocycles. The van der Waals surface area contributed by atoms with Crippen molar-refractivity contribution < 1.29 is 0 Å². The average Bonchev–Trinajstić information content (AvgIpc) is 2.46. The zero-order chi connectivity index (χ0) is 14.4. The molecule has 0 aromatic carbocycles. The second-order valence-corrected chi connectivity index (χ2v) is 7.05. The van der Waals surface area contributed by atoms with E-state index < -0.39 is 0 Å². The molecular weight excluding hydrogens is 312 g/mol. The summed E-state index contributed by atoms with van der Waals surface area (Å²) in [6.45, 7) is 6.80. The van der Waals surface area contributed by atoms with Crippen LogP contribution in [0.4, 0.5) is 0 Å². The normalized spacial score (nSPS) is 26.6. The third kappa shape index (κ3) is 4.56. The van der Waals surface area contributed by atoms with Crippen LogP contribution in [0, 0.1) is 17.8 Å². The van der Waals surface area contributed by atoms with E-state index in [2.05, 4.69) is 46.1 Å². The van der Waals surface area contributed by atoms with Crippen molar-refractivity contribution in [3.63, 3.8) is 0 Å². The lowest BCUT2D eigenvalue weighted by molar-refractivity contribution is 0.172. The molecule has 1 aromatic rings. The van der Waals surface area contributed by atoms with E-state index in [1.807, 2.05) is 12.4 Å². The highest BCUT2D eigenvalue weighted by atomic mass is 79.9. The lowest BCUT2D eigenvalue weighted by Crippen LogP contribution is -2.34. The molecule has 2 nitrogen and oxygen atoms in total. The Labute approximate surface area is 131 Å². The fraction of sp³-hybridized carbons (Fsp3) is 0.706. The van der Waals surface area contributed by atoms with Gasteiger partial charge in [0.25, 0.3) is 0 Å². The highest BCUT2D eigenvalue weighted by molar-refractivity contribution is 9.10. The first kappa shape index (κ1) is 16.0. The lowest BCUT2D eigenvalue weighted by Gasteiger charge is -2.36. The molecule has 0 aliphatic heterocycles. The van der Waals surface area contributed by atoms with Crippen LogP contribution in [0.5, 0.6) is 0 Å². The summed E-state index contributed by atoms with van der Waals surface area (Å²) in [5.41, 5.74) is 1.38. The van der Waals surface area contributed by atoms with E-state index >= 15 is 0 Å². The van der Waals surface area contributed by atoms with E-state index in [1.54, 1.807) is 0 Å². The fourth-order valence-electron chi connectivity index (χ4n) is 3.51. The molecule has 3 heteroatoms. The topological polar surface area (TPSA) is 24.9 Å². The second-order valence-electron chi connectivity index (χ2n) is 6.13. The van der Waals surface area contributed by atoms with E-state index in [4.69, 9.17) is 0 Å². The van der Waals surface area contributed by atoms with Crippen LogP contribution in [0.1, 0.15) is 45.1 Å². The first-order valence-corrected chi connectivity index (χ1v) is 8.82. The van der Waals surface area contributed by atoms with Gasteiger partial charge < -0.3 is 5.32 Å². The monoisotopic (exact) mass is 338 g/mol. The van der Waals surface area contributed by atoms with Gasteiger partial charge in [-0.15, -0.1) is 0 Å². The molecule has 1 aliphatic carbocycles. The van der Waals surface area contributed by atoms with Gasteiger partial charge in [0.05, 0.1) is 0 Å². The summed E-state index contributed by atoms with van der Waals surface area (Å²) in [5, 5.41) is 3.55. The minimum absolute atomic E-state index is 0.809. The van der Waals surface area contributed by atoms with Crippen molar-refractivity contribution in [2.75, 3.05) is 13.1 Å². The molecule has 1 N–H and O–H groups in total. The van der Waals surface area contributed by atoms with Gasteiger partial charge in [0.15, 0.2) is 0 Å². The van der Waals surface area contributed by atoms with Gasteiger partial charge in [-0.05, 0) is 77.7 Å². The standard InChI is InChI=1S/C17H27BrN2/c1-3-13-5-6-15(11-19-4-2)16(7-13)8-14-9-17(18)12-20-10-14/h9-10,12-13,15-16,19H,3-8,11H2,1-2H3. The lowest BCUT2D eigenvalue weighted by atomic mass is 9.71. The van der Waals surface area contributed by atoms with Gasteiger partial charge >= 0.3 is 0 Å². The van der Waals surface area contributed by atoms with Crippen molar-refractivity contribution in [2.24, 2.45) is 17.8 Å². The van der Waals surface area contributed by atoms with Crippen molar-refractivity contribution in [2.45, 2.75) is 46.0 Å². The molecule has 0 bridgehead atoms. The zero-order valence-corrected chi connectivity index (χ0v) is 14.3. The van der Waals surface area contributed by atoms with Crippen LogP contribution in [-0.2, 0) is 6.42 Å². The number of pyridine rings is 1. The quantitative estimate of drug-likeness (QED) is 0.829. The Hall–Kier alpha value is -0.410. The third-order valence-corrected chi connectivity index (χ3v) is 5.18. The fourth-order valence-corrected chi connectivity index (χ4v) is 3.93. The SMILES string of the molecule is CCNCC1CCC(CC)CC1Cc1cncc(Br)c1. The van der Waals surface area contributed by atoms with Crippen molar-refractivity contribution in [3.05, 3.63) is 28.5 Å². The average molecular weight is 339 g/mol. The van der Waals surface area contributed by atoms with E-state index in [-0.39, 0.29) is 0 Å². The van der Waals surface area contributed by atoms with E-state index in [0.29, 0.717) is 0 Å². The molecule has 1 fully saturated rings. The Morgan fingerprint density at radius 2 is 2.10 bits per heavy atom. The van der Waals surface area contributed by atoms with Crippen LogP contribution in [0.3, 0.4) is 0 Å². The molecule has 0 amide bonds. The minimum Gasteiger partial charge on any atom is -0.317 e. The van der Waals surface area contributed by atoms with Crippen LogP contribution >= 0.6 is 15.9 Å². The molecule has 0 spiro atoms. The maximum absolute atomic E-state index is 4.31. The maximum Gasteiger partial charge on any atom is 0.0410 e. The van der Waals surface area contributed by atoms with Gasteiger partial charge in [-0.2, -0.15) is 0 Å². The predicted octanol–water partition coefficient (Wildman–Crippen LogP) is 4.44. The van der Waals surface area contributed by atoms with Crippen LogP contribution in [-0.4, -0.2) is 18.1 Å². The smallest absolute Gasteiger partial charge is 0.0410 e. The zero-order valence-electron chi connectivity index (χ0n) is 12.7. The molecule has 1 saturated carbocycles.